The highest BCUT2D eigenvalue weighted by Gasteiger charge is 2.03. The van der Waals surface area contributed by atoms with Crippen LogP contribution in [0.5, 0.6) is 0 Å². The SMILES string of the molecule is N#Cc1c[nH]c(=O)c2ccc(Br)cc12. The molecule has 0 spiro atoms. The van der Waals surface area contributed by atoms with Gasteiger partial charge in [-0.2, -0.15) is 5.26 Å². The maximum Gasteiger partial charge on any atom is 0.255 e. The first-order valence-electron chi connectivity index (χ1n) is 3.93. The highest BCUT2D eigenvalue weighted by atomic mass is 79.9. The number of nitrogens with zero attached hydrogens (tertiary/aromatic N) is 1. The van der Waals surface area contributed by atoms with Gasteiger partial charge in [0.2, 0.25) is 0 Å². The van der Waals surface area contributed by atoms with Gasteiger partial charge >= 0.3 is 0 Å². The molecule has 1 heterocycles. The Hall–Kier alpha value is -1.60. The van der Waals surface area contributed by atoms with Gasteiger partial charge in [-0.15, -0.1) is 0 Å². The van der Waals surface area contributed by atoms with Crippen LogP contribution >= 0.6 is 15.9 Å². The molecule has 0 unspecified atom stereocenters. The first-order chi connectivity index (χ1) is 6.72. The lowest BCUT2D eigenvalue weighted by atomic mass is 10.1. The Morgan fingerprint density at radius 1 is 1.36 bits per heavy atom. The summed E-state index contributed by atoms with van der Waals surface area (Å²) in [6, 6.07) is 7.27. The summed E-state index contributed by atoms with van der Waals surface area (Å²) < 4.78 is 0.854. The van der Waals surface area contributed by atoms with Crippen molar-refractivity contribution < 1.29 is 0 Å². The highest BCUT2D eigenvalue weighted by molar-refractivity contribution is 9.10. The molecule has 0 amide bonds. The number of aromatic nitrogens is 1. The van der Waals surface area contributed by atoms with Crippen LogP contribution in [0.3, 0.4) is 0 Å². The fraction of sp³-hybridized carbons (Fsp3) is 0. The van der Waals surface area contributed by atoms with Gasteiger partial charge in [0.15, 0.2) is 0 Å². The molecule has 0 aliphatic heterocycles. The Kier molecular flexibility index (Phi) is 2.10. The van der Waals surface area contributed by atoms with Gasteiger partial charge in [0.25, 0.3) is 5.56 Å². The maximum absolute atomic E-state index is 11.4. The van der Waals surface area contributed by atoms with Crippen molar-refractivity contribution in [2.45, 2.75) is 0 Å². The molecule has 68 valence electrons. The van der Waals surface area contributed by atoms with Crippen LogP contribution in [-0.4, -0.2) is 4.98 Å². The maximum atomic E-state index is 11.4. The number of nitriles is 1. The fourth-order valence-corrected chi connectivity index (χ4v) is 1.68. The first-order valence-corrected chi connectivity index (χ1v) is 4.73. The van der Waals surface area contributed by atoms with Crippen molar-refractivity contribution in [1.29, 1.82) is 5.26 Å². The minimum absolute atomic E-state index is 0.175. The van der Waals surface area contributed by atoms with Crippen molar-refractivity contribution in [2.75, 3.05) is 0 Å². The van der Waals surface area contributed by atoms with Crippen molar-refractivity contribution in [2.24, 2.45) is 0 Å². The van der Waals surface area contributed by atoms with Gasteiger partial charge in [-0.3, -0.25) is 4.79 Å². The van der Waals surface area contributed by atoms with Crippen LogP contribution in [0, 0.1) is 11.3 Å². The van der Waals surface area contributed by atoms with E-state index in [4.69, 9.17) is 5.26 Å². The number of rotatable bonds is 0. The summed E-state index contributed by atoms with van der Waals surface area (Å²) in [7, 11) is 0. The molecule has 0 atom stereocenters. The van der Waals surface area contributed by atoms with Crippen LogP contribution in [0.2, 0.25) is 0 Å². The number of pyridine rings is 1. The van der Waals surface area contributed by atoms with E-state index in [1.807, 2.05) is 6.07 Å². The van der Waals surface area contributed by atoms with Crippen LogP contribution in [0.25, 0.3) is 10.8 Å². The molecule has 0 aliphatic carbocycles. The van der Waals surface area contributed by atoms with E-state index in [1.54, 1.807) is 18.2 Å². The van der Waals surface area contributed by atoms with Gasteiger partial charge in [-0.1, -0.05) is 15.9 Å². The van der Waals surface area contributed by atoms with E-state index in [9.17, 15) is 4.79 Å². The summed E-state index contributed by atoms with van der Waals surface area (Å²) in [5, 5.41) is 10.0. The summed E-state index contributed by atoms with van der Waals surface area (Å²) in [6.07, 6.45) is 1.43. The first kappa shape index (κ1) is 8.97. The Morgan fingerprint density at radius 2 is 2.14 bits per heavy atom. The van der Waals surface area contributed by atoms with Gasteiger partial charge in [0.05, 0.1) is 5.56 Å². The normalized spacial score (nSPS) is 10.0. The molecular weight excluding hydrogens is 244 g/mol. The van der Waals surface area contributed by atoms with E-state index >= 15 is 0 Å². The zero-order chi connectivity index (χ0) is 10.1. The van der Waals surface area contributed by atoms with E-state index in [2.05, 4.69) is 20.9 Å². The molecule has 0 bridgehead atoms. The van der Waals surface area contributed by atoms with Crippen LogP contribution in [-0.2, 0) is 0 Å². The predicted octanol–water partition coefficient (Wildman–Crippen LogP) is 2.16. The Balaban J connectivity index is 3.02. The van der Waals surface area contributed by atoms with Crippen molar-refractivity contribution in [3.63, 3.8) is 0 Å². The van der Waals surface area contributed by atoms with Gasteiger partial charge in [0.1, 0.15) is 6.07 Å². The number of fused-ring (bicyclic) bond motifs is 1. The van der Waals surface area contributed by atoms with Crippen molar-refractivity contribution in [3.05, 3.63) is 44.8 Å². The lowest BCUT2D eigenvalue weighted by Gasteiger charge is -1.98. The standard InChI is InChI=1S/C10H5BrN2O/c11-7-1-2-8-9(3-7)6(4-12)5-13-10(8)14/h1-3,5H,(H,13,14). The zero-order valence-electron chi connectivity index (χ0n) is 7.04. The van der Waals surface area contributed by atoms with Crippen LogP contribution < -0.4 is 5.56 Å². The smallest absolute Gasteiger partial charge is 0.255 e. The number of nitrogens with one attached hydrogen (secondary N) is 1. The Bertz CT molecular complexity index is 595. The fourth-order valence-electron chi connectivity index (χ4n) is 1.32. The highest BCUT2D eigenvalue weighted by Crippen LogP contribution is 2.19. The molecule has 2 rings (SSSR count). The average Bonchev–Trinajstić information content (AvgIpc) is 2.18. The summed E-state index contributed by atoms with van der Waals surface area (Å²) >= 11 is 3.30. The quantitative estimate of drug-likeness (QED) is 0.777. The molecule has 3 nitrogen and oxygen atoms in total. The molecule has 0 radical (unpaired) electrons. The number of hydrogen-bond acceptors (Lipinski definition) is 2. The molecule has 0 saturated carbocycles. The van der Waals surface area contributed by atoms with Crippen LogP contribution in [0.4, 0.5) is 0 Å². The Labute approximate surface area is 88.1 Å². The van der Waals surface area contributed by atoms with Crippen molar-refractivity contribution >= 4 is 26.7 Å². The third kappa shape index (κ3) is 1.32. The molecular formula is C10H5BrN2O. The average molecular weight is 249 g/mol. The van der Waals surface area contributed by atoms with Crippen molar-refractivity contribution in [1.82, 2.24) is 4.98 Å². The minimum Gasteiger partial charge on any atom is -0.327 e. The monoisotopic (exact) mass is 248 g/mol. The van der Waals surface area contributed by atoms with Crippen LogP contribution in [0.1, 0.15) is 5.56 Å². The number of H-pyrrole nitrogens is 1. The van der Waals surface area contributed by atoms with E-state index in [-0.39, 0.29) is 5.56 Å². The molecule has 0 fully saturated rings. The third-order valence-corrected chi connectivity index (χ3v) is 2.48. The Morgan fingerprint density at radius 3 is 2.86 bits per heavy atom. The van der Waals surface area contributed by atoms with Gasteiger partial charge in [0, 0.05) is 21.4 Å². The third-order valence-electron chi connectivity index (χ3n) is 1.98. The predicted molar refractivity (Wildman–Crippen MR) is 57.0 cm³/mol. The van der Waals surface area contributed by atoms with Gasteiger partial charge in [-0.05, 0) is 18.2 Å². The lowest BCUT2D eigenvalue weighted by molar-refractivity contribution is 1.26. The van der Waals surface area contributed by atoms with Crippen molar-refractivity contribution in [3.8, 4) is 6.07 Å². The van der Waals surface area contributed by atoms with E-state index in [0.29, 0.717) is 16.3 Å². The molecule has 0 aliphatic rings. The summed E-state index contributed by atoms with van der Waals surface area (Å²) in [5.41, 5.74) is 0.299. The number of aromatic amines is 1. The van der Waals surface area contributed by atoms with E-state index in [1.165, 1.54) is 6.20 Å². The second kappa shape index (κ2) is 3.28. The molecule has 1 N–H and O–H groups in total. The van der Waals surface area contributed by atoms with E-state index < -0.39 is 0 Å². The van der Waals surface area contributed by atoms with Gasteiger partial charge in [-0.25, -0.2) is 0 Å². The molecule has 0 saturated heterocycles. The lowest BCUT2D eigenvalue weighted by Crippen LogP contribution is -2.05. The van der Waals surface area contributed by atoms with Gasteiger partial charge < -0.3 is 4.98 Å². The summed E-state index contributed by atoms with van der Waals surface area (Å²) in [6.45, 7) is 0. The molecule has 4 heteroatoms. The largest absolute Gasteiger partial charge is 0.327 e. The van der Waals surface area contributed by atoms with E-state index in [0.717, 1.165) is 4.47 Å². The minimum atomic E-state index is -0.175. The summed E-state index contributed by atoms with van der Waals surface area (Å²) in [4.78, 5) is 13.9. The molecule has 2 aromatic rings. The number of benzene rings is 1. The second-order valence-corrected chi connectivity index (χ2v) is 3.75. The topological polar surface area (TPSA) is 56.6 Å². The number of halogens is 1. The second-order valence-electron chi connectivity index (χ2n) is 2.83. The zero-order valence-corrected chi connectivity index (χ0v) is 8.63. The summed E-state index contributed by atoms with van der Waals surface area (Å²) in [5.74, 6) is 0. The van der Waals surface area contributed by atoms with Crippen LogP contribution in [0.15, 0.2) is 33.7 Å². The molecule has 1 aromatic heterocycles. The number of hydrogen-bond donors (Lipinski definition) is 1. The molecule has 14 heavy (non-hydrogen) atoms. The molecule has 1 aromatic carbocycles.